The Hall–Kier alpha value is -0.260. The molecular weight excluding hydrogens is 432 g/mol. The predicted octanol–water partition coefficient (Wildman–Crippen LogP) is 11.7. The minimum Gasteiger partial charge on any atom is -0.0879 e. The van der Waals surface area contributed by atoms with Gasteiger partial charge in [0.05, 0.1) is 0 Å². The van der Waals surface area contributed by atoms with Crippen molar-refractivity contribution >= 4 is 0 Å². The Morgan fingerprint density at radius 2 is 1.03 bits per heavy atom. The lowest BCUT2D eigenvalue weighted by atomic mass is 9.71. The van der Waals surface area contributed by atoms with E-state index in [1.807, 2.05) is 41.5 Å². The lowest BCUT2D eigenvalue weighted by Crippen LogP contribution is -2.26. The summed E-state index contributed by atoms with van der Waals surface area (Å²) >= 11 is 0. The monoisotopic (exact) mass is 499 g/mol. The van der Waals surface area contributed by atoms with Crippen LogP contribution in [0.4, 0.5) is 0 Å². The van der Waals surface area contributed by atoms with Crippen molar-refractivity contribution in [2.75, 3.05) is 0 Å². The summed E-state index contributed by atoms with van der Waals surface area (Å²) in [4.78, 5) is 0. The Kier molecular flexibility index (Phi) is 11.1. The van der Waals surface area contributed by atoms with E-state index in [2.05, 4.69) is 32.9 Å². The highest BCUT2D eigenvalue weighted by Gasteiger charge is 2.55. The van der Waals surface area contributed by atoms with Crippen molar-refractivity contribution in [3.05, 3.63) is 12.2 Å². The normalized spacial score (nSPS) is 46.0. The lowest BCUT2D eigenvalue weighted by Gasteiger charge is -2.34. The van der Waals surface area contributed by atoms with E-state index in [9.17, 15) is 0 Å². The van der Waals surface area contributed by atoms with Crippen molar-refractivity contribution in [2.45, 2.75) is 152 Å². The first kappa shape index (κ1) is 30.3. The molecule has 0 aliphatic heterocycles. The minimum absolute atomic E-state index is 0.660. The largest absolute Gasteiger partial charge is 0.0879 e. The van der Waals surface area contributed by atoms with Gasteiger partial charge in [-0.3, -0.25) is 0 Å². The first-order valence-corrected chi connectivity index (χ1v) is 17.1. The van der Waals surface area contributed by atoms with Gasteiger partial charge in [0, 0.05) is 0 Å². The first-order chi connectivity index (χ1) is 17.5. The number of hydrogen-bond acceptors (Lipinski definition) is 0. The Labute approximate surface area is 228 Å². The molecule has 8 unspecified atom stereocenters. The van der Waals surface area contributed by atoms with Gasteiger partial charge in [-0.05, 0) is 148 Å². The first-order valence-electron chi connectivity index (χ1n) is 17.1. The molecule has 8 aliphatic carbocycles. The van der Waals surface area contributed by atoms with E-state index in [0.717, 1.165) is 29.6 Å². The van der Waals surface area contributed by atoms with E-state index in [0.29, 0.717) is 10.8 Å². The highest BCUT2D eigenvalue weighted by atomic mass is 14.6. The third kappa shape index (κ3) is 5.55. The second kappa shape index (κ2) is 13.2. The Morgan fingerprint density at radius 1 is 0.556 bits per heavy atom. The summed E-state index contributed by atoms with van der Waals surface area (Å²) in [6.07, 6.45) is 26.5. The molecule has 210 valence electrons. The maximum atomic E-state index is 2.49. The van der Waals surface area contributed by atoms with Gasteiger partial charge in [-0.25, -0.2) is 0 Å². The molecule has 8 atom stereocenters. The quantitative estimate of drug-likeness (QED) is 0.291. The average molecular weight is 499 g/mol. The lowest BCUT2D eigenvalue weighted by molar-refractivity contribution is 0.152. The third-order valence-corrected chi connectivity index (χ3v) is 12.9. The number of fused-ring (bicyclic) bond motifs is 12. The molecule has 6 bridgehead atoms. The molecule has 0 aromatic rings. The van der Waals surface area contributed by atoms with Crippen LogP contribution in [-0.4, -0.2) is 0 Å². The summed E-state index contributed by atoms with van der Waals surface area (Å²) in [6.45, 7) is 19.4. The Bertz CT molecular complexity index is 640. The molecule has 0 aromatic heterocycles. The second-order valence-electron chi connectivity index (χ2n) is 13.9. The summed E-state index contributed by atoms with van der Waals surface area (Å²) in [5, 5.41) is 0. The fourth-order valence-corrected chi connectivity index (χ4v) is 10.6. The van der Waals surface area contributed by atoms with Crippen LogP contribution in [-0.2, 0) is 0 Å². The van der Waals surface area contributed by atoms with E-state index in [1.54, 1.807) is 51.4 Å². The summed E-state index contributed by atoms with van der Waals surface area (Å²) in [5.41, 5.74) is 1.37. The SMILES string of the molecule is C1=CC2C3CCC(C3)C2C1.C1CC2C3CCC(C3)C2C1.CC.CC.CC.CC12CCC(CC1)C2(C)C. The van der Waals surface area contributed by atoms with Crippen LogP contribution < -0.4 is 0 Å². The molecule has 0 amide bonds. The zero-order valence-electron chi connectivity index (χ0n) is 26.3. The van der Waals surface area contributed by atoms with E-state index in [-0.39, 0.29) is 0 Å². The van der Waals surface area contributed by atoms with Gasteiger partial charge in [0.2, 0.25) is 0 Å². The van der Waals surface area contributed by atoms with Gasteiger partial charge in [0.25, 0.3) is 0 Å². The fourth-order valence-electron chi connectivity index (χ4n) is 10.6. The standard InChI is InChI=1S/C10H16.C10H14.C10H18.3C2H6/c2*1-2-9-7-4-5-8(6-7)10(9)3-1;1-9(2)8-4-6-10(9,3)7-5-8;3*1-2/h7-10H,1-6H2;1-2,7-10H,3-6H2;8H,4-7H2,1-3H3;3*1-2H3. The molecule has 7 fully saturated rings. The van der Waals surface area contributed by atoms with Crippen LogP contribution in [0.15, 0.2) is 12.2 Å². The fraction of sp³-hybridized carbons (Fsp3) is 0.944. The maximum absolute atomic E-state index is 2.49. The van der Waals surface area contributed by atoms with Crippen LogP contribution in [0.1, 0.15) is 152 Å². The smallest absolute Gasteiger partial charge is 0.0171 e. The zero-order chi connectivity index (χ0) is 26.5. The van der Waals surface area contributed by atoms with Crippen LogP contribution in [0.3, 0.4) is 0 Å². The molecule has 7 saturated carbocycles. The number of allylic oxidation sites excluding steroid dienone is 2. The molecule has 0 nitrogen and oxygen atoms in total. The number of hydrogen-bond donors (Lipinski definition) is 0. The molecule has 0 heterocycles. The Morgan fingerprint density at radius 3 is 1.44 bits per heavy atom. The summed E-state index contributed by atoms with van der Waals surface area (Å²) in [6, 6.07) is 0. The number of rotatable bonds is 0. The van der Waals surface area contributed by atoms with Gasteiger partial charge >= 0.3 is 0 Å². The van der Waals surface area contributed by atoms with Crippen molar-refractivity contribution in [3.63, 3.8) is 0 Å². The minimum atomic E-state index is 0.660. The molecule has 0 radical (unpaired) electrons. The van der Waals surface area contributed by atoms with Crippen molar-refractivity contribution in [1.82, 2.24) is 0 Å². The third-order valence-electron chi connectivity index (χ3n) is 12.9. The molecule has 0 heteroatoms. The van der Waals surface area contributed by atoms with Crippen molar-refractivity contribution in [1.29, 1.82) is 0 Å². The second-order valence-corrected chi connectivity index (χ2v) is 13.9. The van der Waals surface area contributed by atoms with Crippen molar-refractivity contribution in [2.24, 2.45) is 64.1 Å². The zero-order valence-corrected chi connectivity index (χ0v) is 26.3. The molecule has 0 aromatic carbocycles. The van der Waals surface area contributed by atoms with Gasteiger partial charge in [-0.1, -0.05) is 80.9 Å². The van der Waals surface area contributed by atoms with Gasteiger partial charge in [0.15, 0.2) is 0 Å². The van der Waals surface area contributed by atoms with Crippen molar-refractivity contribution < 1.29 is 0 Å². The topological polar surface area (TPSA) is 0 Å². The highest BCUT2D eigenvalue weighted by Crippen LogP contribution is 2.65. The molecule has 0 N–H and O–H groups in total. The van der Waals surface area contributed by atoms with Gasteiger partial charge in [0.1, 0.15) is 0 Å². The summed E-state index contributed by atoms with van der Waals surface area (Å²) in [5.74, 6) is 10.2. The van der Waals surface area contributed by atoms with E-state index < -0.39 is 0 Å². The molecule has 0 saturated heterocycles. The molecular formula is C36H66. The molecule has 8 aliphatic rings. The van der Waals surface area contributed by atoms with Crippen LogP contribution >= 0.6 is 0 Å². The summed E-state index contributed by atoms with van der Waals surface area (Å²) in [7, 11) is 0. The Balaban J connectivity index is 0.000000136. The molecule has 8 rings (SSSR count). The molecule has 0 spiro atoms. The van der Waals surface area contributed by atoms with E-state index >= 15 is 0 Å². The summed E-state index contributed by atoms with van der Waals surface area (Å²) < 4.78 is 0. The van der Waals surface area contributed by atoms with E-state index in [1.165, 1.54) is 62.2 Å². The van der Waals surface area contributed by atoms with Crippen LogP contribution in [0, 0.1) is 64.1 Å². The predicted molar refractivity (Wildman–Crippen MR) is 161 cm³/mol. The maximum Gasteiger partial charge on any atom is -0.0171 e. The molecule has 36 heavy (non-hydrogen) atoms. The van der Waals surface area contributed by atoms with Gasteiger partial charge < -0.3 is 0 Å². The van der Waals surface area contributed by atoms with E-state index in [4.69, 9.17) is 0 Å². The van der Waals surface area contributed by atoms with Gasteiger partial charge in [-0.2, -0.15) is 0 Å². The average Bonchev–Trinajstić information content (AvgIpc) is 3.75. The van der Waals surface area contributed by atoms with Crippen LogP contribution in [0.2, 0.25) is 0 Å². The van der Waals surface area contributed by atoms with Crippen LogP contribution in [0.25, 0.3) is 0 Å². The highest BCUT2D eigenvalue weighted by molar-refractivity contribution is 5.12. The van der Waals surface area contributed by atoms with Gasteiger partial charge in [-0.15, -0.1) is 0 Å². The van der Waals surface area contributed by atoms with Crippen molar-refractivity contribution in [3.8, 4) is 0 Å². The van der Waals surface area contributed by atoms with Crippen LogP contribution in [0.5, 0.6) is 0 Å².